The summed E-state index contributed by atoms with van der Waals surface area (Å²) in [5.74, 6) is 1.57. The van der Waals surface area contributed by atoms with Crippen LogP contribution in [0.4, 0.5) is 17.3 Å². The molecule has 2 aliphatic heterocycles. The van der Waals surface area contributed by atoms with Crippen molar-refractivity contribution in [3.8, 4) is 0 Å². The normalized spacial score (nSPS) is 23.0. The first kappa shape index (κ1) is 21.6. The Hall–Kier alpha value is -2.96. The predicted molar refractivity (Wildman–Crippen MR) is 135 cm³/mol. The van der Waals surface area contributed by atoms with Gasteiger partial charge in [0.15, 0.2) is 5.82 Å². The number of nitrogens with zero attached hydrogens (tertiary/aromatic N) is 4. The number of likely N-dealkylation sites (tertiary alicyclic amines) is 1. The monoisotopic (exact) mass is 455 g/mol. The van der Waals surface area contributed by atoms with Crippen LogP contribution in [0.15, 0.2) is 60.9 Å². The van der Waals surface area contributed by atoms with Gasteiger partial charge in [0.25, 0.3) is 0 Å². The van der Waals surface area contributed by atoms with E-state index in [1.54, 1.807) is 6.33 Å². The van der Waals surface area contributed by atoms with Crippen LogP contribution in [0.2, 0.25) is 0 Å². The van der Waals surface area contributed by atoms with Gasteiger partial charge in [-0.2, -0.15) is 0 Å². The fraction of sp³-hybridized carbons (Fsp3) is 0.429. The molecule has 0 amide bonds. The molecular formula is C28H33N5O. The van der Waals surface area contributed by atoms with Crippen molar-refractivity contribution in [1.82, 2.24) is 14.9 Å². The highest BCUT2D eigenvalue weighted by atomic mass is 16.7. The van der Waals surface area contributed by atoms with E-state index in [0.29, 0.717) is 6.61 Å². The Kier molecular flexibility index (Phi) is 6.17. The number of benzene rings is 2. The summed E-state index contributed by atoms with van der Waals surface area (Å²) in [6, 6.07) is 20.2. The van der Waals surface area contributed by atoms with E-state index in [0.717, 1.165) is 36.2 Å². The van der Waals surface area contributed by atoms with Crippen molar-refractivity contribution in [3.63, 3.8) is 0 Å². The molecule has 6 rings (SSSR count). The first-order valence-corrected chi connectivity index (χ1v) is 12.8. The van der Waals surface area contributed by atoms with E-state index in [1.165, 1.54) is 61.9 Å². The summed E-state index contributed by atoms with van der Waals surface area (Å²) in [5, 5.41) is 5.44. The number of hydroxylamine groups is 1. The minimum Gasteiger partial charge on any atom is -0.340 e. The maximum absolute atomic E-state index is 5.96. The summed E-state index contributed by atoms with van der Waals surface area (Å²) in [7, 11) is 0. The van der Waals surface area contributed by atoms with Crippen molar-refractivity contribution in [2.24, 2.45) is 0 Å². The van der Waals surface area contributed by atoms with Crippen molar-refractivity contribution < 1.29 is 4.84 Å². The molecule has 0 bridgehead atoms. The minimum atomic E-state index is 0.167. The quantitative estimate of drug-likeness (QED) is 0.517. The average Bonchev–Trinajstić information content (AvgIpc) is 3.55. The maximum atomic E-state index is 5.96. The van der Waals surface area contributed by atoms with Crippen LogP contribution in [0.3, 0.4) is 0 Å². The second kappa shape index (κ2) is 9.72. The molecular weight excluding hydrogens is 422 g/mol. The summed E-state index contributed by atoms with van der Waals surface area (Å²) >= 11 is 0. The van der Waals surface area contributed by atoms with E-state index in [9.17, 15) is 0 Å². The van der Waals surface area contributed by atoms with Gasteiger partial charge in [-0.3, -0.25) is 4.84 Å². The van der Waals surface area contributed by atoms with E-state index in [2.05, 4.69) is 62.6 Å². The third kappa shape index (κ3) is 4.52. The molecule has 3 aromatic rings. The Morgan fingerprint density at radius 2 is 1.68 bits per heavy atom. The number of hydrogen-bond donors (Lipinski definition) is 1. The topological polar surface area (TPSA) is 53.5 Å². The van der Waals surface area contributed by atoms with Crippen molar-refractivity contribution in [2.75, 3.05) is 30.1 Å². The Morgan fingerprint density at radius 3 is 2.53 bits per heavy atom. The van der Waals surface area contributed by atoms with Gasteiger partial charge >= 0.3 is 0 Å². The largest absolute Gasteiger partial charge is 0.340 e. The molecule has 2 atom stereocenters. The summed E-state index contributed by atoms with van der Waals surface area (Å²) in [6.45, 7) is 3.26. The SMILES string of the molecule is c1ccc(C2CCON2c2cc(Nc3ccc4c(c3)CCC(N3CCCC3)CC4)ncn2)cc1. The van der Waals surface area contributed by atoms with E-state index in [-0.39, 0.29) is 6.04 Å². The molecule has 3 heterocycles. The predicted octanol–water partition coefficient (Wildman–Crippen LogP) is 5.45. The van der Waals surface area contributed by atoms with Crippen LogP contribution in [0.25, 0.3) is 0 Å². The molecule has 2 fully saturated rings. The molecule has 6 heteroatoms. The van der Waals surface area contributed by atoms with Gasteiger partial charge in [0.2, 0.25) is 0 Å². The number of nitrogens with one attached hydrogen (secondary N) is 1. The summed E-state index contributed by atoms with van der Waals surface area (Å²) in [5.41, 5.74) is 5.32. The Balaban J connectivity index is 1.17. The Morgan fingerprint density at radius 1 is 0.853 bits per heavy atom. The number of rotatable bonds is 5. The van der Waals surface area contributed by atoms with Gasteiger partial charge < -0.3 is 10.2 Å². The molecule has 1 N–H and O–H groups in total. The molecule has 2 unspecified atom stereocenters. The van der Waals surface area contributed by atoms with Gasteiger partial charge in [-0.15, -0.1) is 0 Å². The lowest BCUT2D eigenvalue weighted by Crippen LogP contribution is -2.32. The molecule has 3 aliphatic rings. The van der Waals surface area contributed by atoms with E-state index >= 15 is 0 Å². The van der Waals surface area contributed by atoms with Crippen LogP contribution < -0.4 is 10.4 Å². The average molecular weight is 456 g/mol. The fourth-order valence-corrected chi connectivity index (χ4v) is 5.80. The zero-order chi connectivity index (χ0) is 22.7. The van der Waals surface area contributed by atoms with Crippen molar-refractivity contribution in [3.05, 3.63) is 77.6 Å². The lowest BCUT2D eigenvalue weighted by Gasteiger charge is -2.26. The summed E-state index contributed by atoms with van der Waals surface area (Å²) in [4.78, 5) is 17.7. The van der Waals surface area contributed by atoms with E-state index < -0.39 is 0 Å². The third-order valence-corrected chi connectivity index (χ3v) is 7.60. The van der Waals surface area contributed by atoms with Crippen LogP contribution in [-0.4, -0.2) is 40.6 Å². The van der Waals surface area contributed by atoms with Crippen molar-refractivity contribution in [1.29, 1.82) is 0 Å². The highest BCUT2D eigenvalue weighted by Crippen LogP contribution is 2.35. The molecule has 6 nitrogen and oxygen atoms in total. The highest BCUT2D eigenvalue weighted by molar-refractivity contribution is 5.61. The number of hydrogen-bond acceptors (Lipinski definition) is 6. The molecule has 0 saturated carbocycles. The smallest absolute Gasteiger partial charge is 0.158 e. The highest BCUT2D eigenvalue weighted by Gasteiger charge is 2.29. The Bertz CT molecular complexity index is 1110. The molecule has 0 spiro atoms. The molecule has 176 valence electrons. The number of aryl methyl sites for hydroxylation is 2. The summed E-state index contributed by atoms with van der Waals surface area (Å²) in [6.07, 6.45) is 10.2. The zero-order valence-electron chi connectivity index (χ0n) is 19.7. The van der Waals surface area contributed by atoms with Gasteiger partial charge in [-0.1, -0.05) is 36.4 Å². The number of fused-ring (bicyclic) bond motifs is 1. The van der Waals surface area contributed by atoms with E-state index in [1.807, 2.05) is 17.2 Å². The minimum absolute atomic E-state index is 0.167. The molecule has 2 aromatic carbocycles. The van der Waals surface area contributed by atoms with Crippen LogP contribution in [0.5, 0.6) is 0 Å². The molecule has 34 heavy (non-hydrogen) atoms. The second-order valence-electron chi connectivity index (χ2n) is 9.72. The first-order valence-electron chi connectivity index (χ1n) is 12.8. The van der Waals surface area contributed by atoms with Crippen LogP contribution in [0.1, 0.15) is 54.8 Å². The van der Waals surface area contributed by atoms with Crippen LogP contribution in [-0.2, 0) is 17.7 Å². The standard InChI is InChI=1S/C28H33N5O/c1-2-6-22(7-3-1)26-14-17-34-33(26)28-19-27(29-20-30-28)31-24-11-8-21-9-12-25(13-10-23(21)18-24)32-15-4-5-16-32/h1-3,6-8,11,18-20,25-26H,4-5,9-10,12-17H2,(H,29,30,31). The molecule has 0 radical (unpaired) electrons. The number of aromatic nitrogens is 2. The molecule has 1 aromatic heterocycles. The first-order chi connectivity index (χ1) is 16.8. The maximum Gasteiger partial charge on any atom is 0.158 e. The van der Waals surface area contributed by atoms with Crippen molar-refractivity contribution >= 4 is 17.3 Å². The number of anilines is 3. The van der Waals surface area contributed by atoms with Crippen LogP contribution in [0, 0.1) is 0 Å². The van der Waals surface area contributed by atoms with Gasteiger partial charge in [0.1, 0.15) is 12.1 Å². The summed E-state index contributed by atoms with van der Waals surface area (Å²) < 4.78 is 0. The van der Waals surface area contributed by atoms with Gasteiger partial charge in [-0.05, 0) is 80.4 Å². The van der Waals surface area contributed by atoms with Gasteiger partial charge in [0, 0.05) is 24.2 Å². The Labute approximate surface area is 201 Å². The zero-order valence-corrected chi connectivity index (χ0v) is 19.7. The van der Waals surface area contributed by atoms with E-state index in [4.69, 9.17) is 4.84 Å². The van der Waals surface area contributed by atoms with Gasteiger partial charge in [0.05, 0.1) is 12.6 Å². The van der Waals surface area contributed by atoms with Gasteiger partial charge in [-0.25, -0.2) is 15.0 Å². The fourth-order valence-electron chi connectivity index (χ4n) is 5.80. The lowest BCUT2D eigenvalue weighted by molar-refractivity contribution is 0.157. The molecule has 1 aliphatic carbocycles. The lowest BCUT2D eigenvalue weighted by atomic mass is 10.0. The van der Waals surface area contributed by atoms with Crippen molar-refractivity contribution in [2.45, 2.75) is 57.0 Å². The van der Waals surface area contributed by atoms with Crippen LogP contribution >= 0.6 is 0 Å². The second-order valence-corrected chi connectivity index (χ2v) is 9.72. The molecule has 2 saturated heterocycles. The third-order valence-electron chi connectivity index (χ3n) is 7.60.